The SMILES string of the molecule is CC(C)(C)OC(=O)N1C[C@@]2(c3cc(F)ccc3F)C[C@H]2[C@@H]1C(=O)CCc1ccccc1. The first-order chi connectivity index (χ1) is 14.6. The van der Waals surface area contributed by atoms with Gasteiger partial charge in [0.15, 0.2) is 5.78 Å². The molecule has 1 amide bonds. The highest BCUT2D eigenvalue weighted by Gasteiger charge is 2.69. The summed E-state index contributed by atoms with van der Waals surface area (Å²) in [6, 6.07) is 12.3. The van der Waals surface area contributed by atoms with Gasteiger partial charge in [0.05, 0.1) is 6.04 Å². The summed E-state index contributed by atoms with van der Waals surface area (Å²) in [5, 5.41) is 0. The van der Waals surface area contributed by atoms with Gasteiger partial charge in [-0.25, -0.2) is 13.6 Å². The Bertz CT molecular complexity index is 1000. The molecular weight excluding hydrogens is 400 g/mol. The Hall–Kier alpha value is -2.76. The molecule has 164 valence electrons. The largest absolute Gasteiger partial charge is 0.444 e. The lowest BCUT2D eigenvalue weighted by Crippen LogP contribution is -2.46. The van der Waals surface area contributed by atoms with E-state index in [1.54, 1.807) is 20.8 Å². The fourth-order valence-corrected chi connectivity index (χ4v) is 4.78. The van der Waals surface area contributed by atoms with Crippen molar-refractivity contribution in [1.82, 2.24) is 4.90 Å². The van der Waals surface area contributed by atoms with Crippen LogP contribution in [-0.4, -0.2) is 35.0 Å². The number of fused-ring (bicyclic) bond motifs is 1. The zero-order chi connectivity index (χ0) is 22.4. The third-order valence-electron chi connectivity index (χ3n) is 6.23. The Balaban J connectivity index is 1.60. The molecule has 2 aromatic carbocycles. The van der Waals surface area contributed by atoms with Crippen molar-refractivity contribution in [2.75, 3.05) is 6.54 Å². The summed E-state index contributed by atoms with van der Waals surface area (Å²) in [5.74, 6) is -1.35. The Morgan fingerprint density at radius 1 is 1.13 bits per heavy atom. The molecule has 0 aromatic heterocycles. The molecule has 2 aromatic rings. The van der Waals surface area contributed by atoms with Crippen LogP contribution in [0.5, 0.6) is 0 Å². The van der Waals surface area contributed by atoms with Crippen molar-refractivity contribution >= 4 is 11.9 Å². The van der Waals surface area contributed by atoms with Crippen molar-refractivity contribution in [1.29, 1.82) is 0 Å². The summed E-state index contributed by atoms with van der Waals surface area (Å²) in [4.78, 5) is 27.6. The number of amides is 1. The van der Waals surface area contributed by atoms with Crippen LogP contribution in [0.3, 0.4) is 0 Å². The number of carbonyl (C=O) groups excluding carboxylic acids is 2. The van der Waals surface area contributed by atoms with Crippen LogP contribution in [0.15, 0.2) is 48.5 Å². The Labute approximate surface area is 181 Å². The van der Waals surface area contributed by atoms with Gasteiger partial charge in [0.1, 0.15) is 17.2 Å². The predicted octanol–water partition coefficient (Wildman–Crippen LogP) is 5.04. The normalized spacial score (nSPS) is 24.6. The molecule has 1 aliphatic heterocycles. The number of nitrogens with zero attached hydrogens (tertiary/aromatic N) is 1. The minimum atomic E-state index is -0.740. The lowest BCUT2D eigenvalue weighted by Gasteiger charge is -2.30. The van der Waals surface area contributed by atoms with E-state index in [9.17, 15) is 18.4 Å². The average Bonchev–Trinajstić information content (AvgIpc) is 3.32. The van der Waals surface area contributed by atoms with Crippen LogP contribution in [0.4, 0.5) is 13.6 Å². The Morgan fingerprint density at radius 2 is 1.84 bits per heavy atom. The molecule has 4 rings (SSSR count). The van der Waals surface area contributed by atoms with E-state index < -0.39 is 34.8 Å². The van der Waals surface area contributed by atoms with Gasteiger partial charge < -0.3 is 4.74 Å². The van der Waals surface area contributed by atoms with Crippen LogP contribution in [0.1, 0.15) is 44.7 Å². The highest BCUT2D eigenvalue weighted by Crippen LogP contribution is 2.63. The lowest BCUT2D eigenvalue weighted by atomic mass is 9.92. The standard InChI is InChI=1S/C25H27F2NO3/c1-24(2,3)31-23(30)28-15-25(18-13-17(26)10-11-20(18)27)14-19(25)22(28)21(29)12-9-16-7-5-4-6-8-16/h4-8,10-11,13,19,22H,9,12,14-15H2,1-3H3/t19-,22+,25+/m0/s1. The Kier molecular flexibility index (Phi) is 5.36. The number of Topliss-reactive ketones (excluding diaryl/α,β-unsaturated/α-hetero) is 1. The lowest BCUT2D eigenvalue weighted by molar-refractivity contribution is -0.124. The number of carbonyl (C=O) groups is 2. The van der Waals surface area contributed by atoms with E-state index in [0.29, 0.717) is 12.8 Å². The van der Waals surface area contributed by atoms with Gasteiger partial charge in [0.2, 0.25) is 0 Å². The maximum atomic E-state index is 14.6. The number of halogens is 2. The number of hydrogen-bond acceptors (Lipinski definition) is 3. The summed E-state index contributed by atoms with van der Waals surface area (Å²) >= 11 is 0. The topological polar surface area (TPSA) is 46.6 Å². The monoisotopic (exact) mass is 427 g/mol. The molecule has 1 saturated heterocycles. The number of hydrogen-bond donors (Lipinski definition) is 0. The molecule has 6 heteroatoms. The molecule has 3 atom stereocenters. The summed E-state index contributed by atoms with van der Waals surface area (Å²) in [6.45, 7) is 5.43. The molecule has 0 spiro atoms. The second kappa shape index (κ2) is 7.74. The van der Waals surface area contributed by atoms with E-state index in [1.807, 2.05) is 30.3 Å². The Morgan fingerprint density at radius 3 is 2.52 bits per heavy atom. The van der Waals surface area contributed by atoms with E-state index in [2.05, 4.69) is 0 Å². The van der Waals surface area contributed by atoms with Crippen molar-refractivity contribution in [3.05, 3.63) is 71.3 Å². The van der Waals surface area contributed by atoms with Crippen LogP contribution in [0.2, 0.25) is 0 Å². The number of ether oxygens (including phenoxy) is 1. The molecule has 4 nitrogen and oxygen atoms in total. The second-order valence-electron chi connectivity index (χ2n) is 9.60. The van der Waals surface area contributed by atoms with Gasteiger partial charge in [-0.2, -0.15) is 0 Å². The fraction of sp³-hybridized carbons (Fsp3) is 0.440. The van der Waals surface area contributed by atoms with E-state index in [-0.39, 0.29) is 30.2 Å². The number of benzene rings is 2. The molecule has 0 unspecified atom stereocenters. The van der Waals surface area contributed by atoms with Crippen LogP contribution in [0.25, 0.3) is 0 Å². The molecule has 1 aliphatic carbocycles. The zero-order valence-electron chi connectivity index (χ0n) is 18.0. The van der Waals surface area contributed by atoms with Gasteiger partial charge in [-0.1, -0.05) is 30.3 Å². The number of ketones is 1. The van der Waals surface area contributed by atoms with Crippen molar-refractivity contribution in [2.24, 2.45) is 5.92 Å². The number of rotatable bonds is 5. The average molecular weight is 427 g/mol. The molecule has 0 bridgehead atoms. The molecule has 1 heterocycles. The maximum absolute atomic E-state index is 14.6. The van der Waals surface area contributed by atoms with Gasteiger partial charge in [-0.3, -0.25) is 9.69 Å². The second-order valence-corrected chi connectivity index (χ2v) is 9.60. The molecule has 2 aliphatic rings. The maximum Gasteiger partial charge on any atom is 0.410 e. The first-order valence-electron chi connectivity index (χ1n) is 10.6. The summed E-state index contributed by atoms with van der Waals surface area (Å²) in [7, 11) is 0. The molecular formula is C25H27F2NO3. The smallest absolute Gasteiger partial charge is 0.410 e. The van der Waals surface area contributed by atoms with Gasteiger partial charge in [0, 0.05) is 18.4 Å². The van der Waals surface area contributed by atoms with E-state index in [0.717, 1.165) is 17.7 Å². The van der Waals surface area contributed by atoms with Crippen molar-refractivity contribution < 1.29 is 23.1 Å². The fourth-order valence-electron chi connectivity index (χ4n) is 4.78. The van der Waals surface area contributed by atoms with E-state index in [4.69, 9.17) is 4.74 Å². The van der Waals surface area contributed by atoms with Gasteiger partial charge in [0.25, 0.3) is 0 Å². The van der Waals surface area contributed by atoms with Crippen molar-refractivity contribution in [3.8, 4) is 0 Å². The quantitative estimate of drug-likeness (QED) is 0.671. The molecule has 2 fully saturated rings. The summed E-state index contributed by atoms with van der Waals surface area (Å²) < 4.78 is 34.0. The summed E-state index contributed by atoms with van der Waals surface area (Å²) in [5.41, 5.74) is -0.185. The third kappa shape index (κ3) is 4.21. The molecule has 0 N–H and O–H groups in total. The molecule has 0 radical (unpaired) electrons. The minimum Gasteiger partial charge on any atom is -0.444 e. The predicted molar refractivity (Wildman–Crippen MR) is 113 cm³/mol. The molecule has 1 saturated carbocycles. The third-order valence-corrected chi connectivity index (χ3v) is 6.23. The zero-order valence-corrected chi connectivity index (χ0v) is 18.0. The summed E-state index contributed by atoms with van der Waals surface area (Å²) in [6.07, 6.45) is 0.793. The van der Waals surface area contributed by atoms with Crippen LogP contribution >= 0.6 is 0 Å². The van der Waals surface area contributed by atoms with E-state index in [1.165, 1.54) is 11.0 Å². The van der Waals surface area contributed by atoms with Crippen molar-refractivity contribution in [3.63, 3.8) is 0 Å². The number of likely N-dealkylation sites (tertiary alicyclic amines) is 1. The minimum absolute atomic E-state index is 0.0732. The van der Waals surface area contributed by atoms with Crippen molar-refractivity contribution in [2.45, 2.75) is 57.1 Å². The van der Waals surface area contributed by atoms with Crippen LogP contribution < -0.4 is 0 Å². The van der Waals surface area contributed by atoms with Gasteiger partial charge in [-0.05, 0) is 68.9 Å². The van der Waals surface area contributed by atoms with Crippen LogP contribution in [-0.2, 0) is 21.4 Å². The number of piperidine rings is 1. The highest BCUT2D eigenvalue weighted by atomic mass is 19.1. The first-order valence-corrected chi connectivity index (χ1v) is 10.6. The van der Waals surface area contributed by atoms with E-state index >= 15 is 0 Å². The highest BCUT2D eigenvalue weighted by molar-refractivity contribution is 5.90. The number of aryl methyl sites for hydroxylation is 1. The van der Waals surface area contributed by atoms with Crippen LogP contribution in [0, 0.1) is 17.6 Å². The van der Waals surface area contributed by atoms with Gasteiger partial charge >= 0.3 is 6.09 Å². The molecule has 31 heavy (non-hydrogen) atoms. The first kappa shape index (κ1) is 21.5. The van der Waals surface area contributed by atoms with Gasteiger partial charge in [-0.15, -0.1) is 0 Å².